The minimum absolute atomic E-state index is 0.126. The summed E-state index contributed by atoms with van der Waals surface area (Å²) >= 11 is 7.42. The second kappa shape index (κ2) is 8.31. The average Bonchev–Trinajstić information content (AvgIpc) is 3.39. The third-order valence-electron chi connectivity index (χ3n) is 4.85. The van der Waals surface area contributed by atoms with Crippen LogP contribution in [-0.4, -0.2) is 33.5 Å². The third kappa shape index (κ3) is 4.16. The van der Waals surface area contributed by atoms with Gasteiger partial charge in [-0.3, -0.25) is 9.59 Å². The van der Waals surface area contributed by atoms with Crippen molar-refractivity contribution in [1.82, 2.24) is 15.1 Å². The lowest BCUT2D eigenvalue weighted by molar-refractivity contribution is 0.0735. The average molecular weight is 427 g/mol. The van der Waals surface area contributed by atoms with Crippen LogP contribution in [0.4, 0.5) is 5.69 Å². The van der Waals surface area contributed by atoms with Crippen LogP contribution in [0.2, 0.25) is 5.02 Å². The predicted octanol–water partition coefficient (Wildman–Crippen LogP) is 4.73. The molecule has 6 nitrogen and oxygen atoms in total. The molecule has 8 heteroatoms. The molecule has 2 amide bonds. The number of nitrogens with zero attached hydrogens (tertiary/aromatic N) is 3. The topological polar surface area (TPSA) is 75.2 Å². The maximum atomic E-state index is 13.0. The summed E-state index contributed by atoms with van der Waals surface area (Å²) < 4.78 is 0. The molecule has 0 unspecified atom stereocenters. The molecular weight excluding hydrogens is 408 g/mol. The highest BCUT2D eigenvalue weighted by Crippen LogP contribution is 2.35. The smallest absolute Gasteiger partial charge is 0.286 e. The SMILES string of the molecule is Cc1ccc(NC(=O)c2nnc([C@@H]3CCCN3C(=O)c3ccccc3Cl)s2)cc1. The second-order valence-corrected chi connectivity index (χ2v) is 8.32. The molecule has 0 bridgehead atoms. The molecule has 0 spiro atoms. The molecule has 1 aromatic heterocycles. The Morgan fingerprint density at radius 1 is 1.14 bits per heavy atom. The fraction of sp³-hybridized carbons (Fsp3) is 0.238. The summed E-state index contributed by atoms with van der Waals surface area (Å²) in [4.78, 5) is 27.3. The van der Waals surface area contributed by atoms with Crippen molar-refractivity contribution in [2.45, 2.75) is 25.8 Å². The monoisotopic (exact) mass is 426 g/mol. The van der Waals surface area contributed by atoms with Gasteiger partial charge in [-0.25, -0.2) is 0 Å². The van der Waals surface area contributed by atoms with Gasteiger partial charge in [-0.1, -0.05) is 52.8 Å². The van der Waals surface area contributed by atoms with Crippen LogP contribution in [0.1, 0.15) is 49.6 Å². The van der Waals surface area contributed by atoms with E-state index in [-0.39, 0.29) is 22.9 Å². The Kier molecular flexibility index (Phi) is 5.60. The number of aromatic nitrogens is 2. The fourth-order valence-corrected chi connectivity index (χ4v) is 4.44. The van der Waals surface area contributed by atoms with Crippen molar-refractivity contribution < 1.29 is 9.59 Å². The number of benzene rings is 2. The van der Waals surface area contributed by atoms with Gasteiger partial charge in [0.2, 0.25) is 5.01 Å². The zero-order valence-electron chi connectivity index (χ0n) is 15.8. The van der Waals surface area contributed by atoms with Crippen LogP contribution in [0.5, 0.6) is 0 Å². The predicted molar refractivity (Wildman–Crippen MR) is 114 cm³/mol. The van der Waals surface area contributed by atoms with E-state index < -0.39 is 0 Å². The van der Waals surface area contributed by atoms with Gasteiger partial charge in [-0.15, -0.1) is 10.2 Å². The van der Waals surface area contributed by atoms with Crippen LogP contribution in [-0.2, 0) is 0 Å². The lowest BCUT2D eigenvalue weighted by atomic mass is 10.1. The number of hydrogen-bond donors (Lipinski definition) is 1. The largest absolute Gasteiger partial charge is 0.329 e. The molecule has 1 fully saturated rings. The number of nitrogens with one attached hydrogen (secondary N) is 1. The number of hydrogen-bond acceptors (Lipinski definition) is 5. The molecule has 1 N–H and O–H groups in total. The Morgan fingerprint density at radius 3 is 2.66 bits per heavy atom. The zero-order chi connectivity index (χ0) is 20.4. The lowest BCUT2D eigenvalue weighted by Crippen LogP contribution is -2.30. The normalized spacial score (nSPS) is 16.1. The highest BCUT2D eigenvalue weighted by atomic mass is 35.5. The number of amides is 2. The standard InChI is InChI=1S/C21H19ClN4O2S/c1-13-8-10-14(11-9-13)23-18(27)20-25-24-19(29-20)17-7-4-12-26(17)21(28)15-5-2-3-6-16(15)22/h2-3,5-6,8-11,17H,4,7,12H2,1H3,(H,23,27)/t17-/m0/s1. The molecule has 1 aliphatic heterocycles. The minimum atomic E-state index is -0.306. The van der Waals surface area contributed by atoms with Crippen molar-refractivity contribution in [3.8, 4) is 0 Å². The van der Waals surface area contributed by atoms with Gasteiger partial charge in [0, 0.05) is 12.2 Å². The second-order valence-electron chi connectivity index (χ2n) is 6.90. The van der Waals surface area contributed by atoms with E-state index >= 15 is 0 Å². The van der Waals surface area contributed by atoms with Gasteiger partial charge in [0.05, 0.1) is 16.6 Å². The van der Waals surface area contributed by atoms with Crippen molar-refractivity contribution >= 4 is 40.4 Å². The van der Waals surface area contributed by atoms with Crippen LogP contribution in [0.3, 0.4) is 0 Å². The molecular formula is C21H19ClN4O2S. The first kappa shape index (κ1) is 19.5. The zero-order valence-corrected chi connectivity index (χ0v) is 17.3. The number of aryl methyl sites for hydroxylation is 1. The molecule has 1 atom stereocenters. The Balaban J connectivity index is 1.50. The number of carbonyl (C=O) groups excluding carboxylic acids is 2. The molecule has 3 aromatic rings. The molecule has 2 heterocycles. The van der Waals surface area contributed by atoms with Crippen LogP contribution >= 0.6 is 22.9 Å². The first-order valence-corrected chi connectivity index (χ1v) is 10.5. The van der Waals surface area contributed by atoms with Gasteiger partial charge in [0.1, 0.15) is 5.01 Å². The third-order valence-corrected chi connectivity index (χ3v) is 6.20. The van der Waals surface area contributed by atoms with Crippen molar-refractivity contribution in [1.29, 1.82) is 0 Å². The number of halogens is 1. The van der Waals surface area contributed by atoms with Gasteiger partial charge in [0.15, 0.2) is 0 Å². The fourth-order valence-electron chi connectivity index (χ4n) is 3.34. The van der Waals surface area contributed by atoms with E-state index in [1.54, 1.807) is 29.2 Å². The van der Waals surface area contributed by atoms with Gasteiger partial charge in [-0.05, 0) is 44.0 Å². The van der Waals surface area contributed by atoms with Crippen molar-refractivity contribution in [3.63, 3.8) is 0 Å². The summed E-state index contributed by atoms with van der Waals surface area (Å²) in [7, 11) is 0. The molecule has 1 aliphatic rings. The summed E-state index contributed by atoms with van der Waals surface area (Å²) in [6.45, 7) is 2.61. The van der Waals surface area contributed by atoms with E-state index in [9.17, 15) is 9.59 Å². The molecule has 0 saturated carbocycles. The maximum Gasteiger partial charge on any atom is 0.286 e. The Morgan fingerprint density at radius 2 is 1.90 bits per heavy atom. The molecule has 1 saturated heterocycles. The first-order chi connectivity index (χ1) is 14.0. The molecule has 2 aromatic carbocycles. The maximum absolute atomic E-state index is 13.0. The lowest BCUT2D eigenvalue weighted by Gasteiger charge is -2.23. The summed E-state index contributed by atoms with van der Waals surface area (Å²) in [6, 6.07) is 14.4. The Labute approximate surface area is 177 Å². The number of rotatable bonds is 4. The van der Waals surface area contributed by atoms with Gasteiger partial charge < -0.3 is 10.2 Å². The quantitative estimate of drug-likeness (QED) is 0.654. The van der Waals surface area contributed by atoms with E-state index in [0.29, 0.717) is 27.8 Å². The van der Waals surface area contributed by atoms with E-state index in [2.05, 4.69) is 15.5 Å². The van der Waals surface area contributed by atoms with Crippen LogP contribution in [0.25, 0.3) is 0 Å². The molecule has 0 aliphatic carbocycles. The van der Waals surface area contributed by atoms with Gasteiger partial charge >= 0.3 is 0 Å². The summed E-state index contributed by atoms with van der Waals surface area (Å²) in [5.41, 5.74) is 2.29. The van der Waals surface area contributed by atoms with E-state index in [0.717, 1.165) is 18.4 Å². The minimum Gasteiger partial charge on any atom is -0.329 e. The highest BCUT2D eigenvalue weighted by molar-refractivity contribution is 7.13. The van der Waals surface area contributed by atoms with Crippen LogP contribution in [0, 0.1) is 6.92 Å². The summed E-state index contributed by atoms with van der Waals surface area (Å²) in [5, 5.41) is 12.5. The highest BCUT2D eigenvalue weighted by Gasteiger charge is 2.34. The van der Waals surface area contributed by atoms with Crippen LogP contribution < -0.4 is 5.32 Å². The Bertz CT molecular complexity index is 1050. The summed E-state index contributed by atoms with van der Waals surface area (Å²) in [5.74, 6) is -0.432. The van der Waals surface area contributed by atoms with Crippen LogP contribution in [0.15, 0.2) is 48.5 Å². The van der Waals surface area contributed by atoms with Crippen molar-refractivity contribution in [2.24, 2.45) is 0 Å². The number of anilines is 1. The van der Waals surface area contributed by atoms with Crippen molar-refractivity contribution in [2.75, 3.05) is 11.9 Å². The van der Waals surface area contributed by atoms with E-state index in [1.165, 1.54) is 11.3 Å². The molecule has 4 rings (SSSR count). The molecule has 29 heavy (non-hydrogen) atoms. The molecule has 0 radical (unpaired) electrons. The Hall–Kier alpha value is -2.77. The molecule has 148 valence electrons. The van der Waals surface area contributed by atoms with E-state index in [1.807, 2.05) is 31.2 Å². The van der Waals surface area contributed by atoms with Gasteiger partial charge in [0.25, 0.3) is 11.8 Å². The summed E-state index contributed by atoms with van der Waals surface area (Å²) in [6.07, 6.45) is 1.65. The van der Waals surface area contributed by atoms with E-state index in [4.69, 9.17) is 11.6 Å². The van der Waals surface area contributed by atoms with Gasteiger partial charge in [-0.2, -0.15) is 0 Å². The first-order valence-electron chi connectivity index (χ1n) is 9.30. The number of carbonyl (C=O) groups is 2. The number of likely N-dealkylation sites (tertiary alicyclic amines) is 1. The van der Waals surface area contributed by atoms with Crippen molar-refractivity contribution in [3.05, 3.63) is 74.7 Å².